The SMILES string of the molecule is O=C1Cc2ccc(S)cc2N1. The number of nitrogens with one attached hydrogen (secondary N) is 1. The van der Waals surface area contributed by atoms with E-state index in [2.05, 4.69) is 17.9 Å². The van der Waals surface area contributed by atoms with Crippen molar-refractivity contribution in [1.82, 2.24) is 0 Å². The molecule has 0 saturated carbocycles. The minimum absolute atomic E-state index is 0.0685. The number of fused-ring (bicyclic) bond motifs is 1. The molecule has 1 heterocycles. The van der Waals surface area contributed by atoms with Crippen molar-refractivity contribution < 1.29 is 4.79 Å². The average molecular weight is 165 g/mol. The molecule has 0 spiro atoms. The predicted octanol–water partition coefficient (Wildman–Crippen LogP) is 1.47. The Hall–Kier alpha value is -0.960. The third kappa shape index (κ3) is 1.12. The van der Waals surface area contributed by atoms with Crippen LogP contribution in [0.25, 0.3) is 0 Å². The van der Waals surface area contributed by atoms with Gasteiger partial charge in [0.15, 0.2) is 0 Å². The fraction of sp³-hybridized carbons (Fsp3) is 0.125. The zero-order chi connectivity index (χ0) is 7.84. The first kappa shape index (κ1) is 6.73. The lowest BCUT2D eigenvalue weighted by Gasteiger charge is -1.97. The largest absolute Gasteiger partial charge is 0.325 e. The monoisotopic (exact) mass is 165 g/mol. The topological polar surface area (TPSA) is 29.1 Å². The summed E-state index contributed by atoms with van der Waals surface area (Å²) in [5.41, 5.74) is 1.97. The lowest BCUT2D eigenvalue weighted by atomic mass is 10.2. The second-order valence-corrected chi connectivity index (χ2v) is 3.08. The van der Waals surface area contributed by atoms with Crippen molar-refractivity contribution in [1.29, 1.82) is 0 Å². The Labute approximate surface area is 70.0 Å². The number of carbonyl (C=O) groups is 1. The molecule has 56 valence electrons. The van der Waals surface area contributed by atoms with Crippen molar-refractivity contribution in [2.24, 2.45) is 0 Å². The molecule has 3 heteroatoms. The summed E-state index contributed by atoms with van der Waals surface area (Å²) in [6, 6.07) is 5.68. The molecule has 0 saturated heterocycles. The van der Waals surface area contributed by atoms with Crippen LogP contribution in [0.5, 0.6) is 0 Å². The molecule has 11 heavy (non-hydrogen) atoms. The van der Waals surface area contributed by atoms with Crippen LogP contribution in [-0.2, 0) is 11.2 Å². The summed E-state index contributed by atoms with van der Waals surface area (Å²) in [5.74, 6) is 0.0685. The number of hydrogen-bond acceptors (Lipinski definition) is 2. The van der Waals surface area contributed by atoms with Crippen LogP contribution in [0.4, 0.5) is 5.69 Å². The first-order valence-electron chi connectivity index (χ1n) is 3.37. The molecule has 0 bridgehead atoms. The van der Waals surface area contributed by atoms with Gasteiger partial charge in [0, 0.05) is 10.6 Å². The molecule has 1 aliphatic rings. The Kier molecular flexibility index (Phi) is 1.39. The van der Waals surface area contributed by atoms with Crippen molar-refractivity contribution in [3.8, 4) is 0 Å². The quantitative estimate of drug-likeness (QED) is 0.560. The van der Waals surface area contributed by atoms with Crippen LogP contribution >= 0.6 is 12.6 Å². The smallest absolute Gasteiger partial charge is 0.228 e. The number of carbonyl (C=O) groups excluding carboxylic acids is 1. The maximum absolute atomic E-state index is 10.9. The number of thiol groups is 1. The van der Waals surface area contributed by atoms with Gasteiger partial charge in [-0.3, -0.25) is 4.79 Å². The number of rotatable bonds is 0. The number of benzene rings is 1. The number of amides is 1. The van der Waals surface area contributed by atoms with Gasteiger partial charge in [0.1, 0.15) is 0 Å². The first-order valence-corrected chi connectivity index (χ1v) is 3.82. The van der Waals surface area contributed by atoms with Crippen molar-refractivity contribution in [2.75, 3.05) is 5.32 Å². The summed E-state index contributed by atoms with van der Waals surface area (Å²) in [6.07, 6.45) is 0.503. The van der Waals surface area contributed by atoms with E-state index in [1.54, 1.807) is 0 Å². The molecule has 0 atom stereocenters. The maximum Gasteiger partial charge on any atom is 0.228 e. The fourth-order valence-corrected chi connectivity index (χ4v) is 1.41. The molecule has 1 amide bonds. The van der Waals surface area contributed by atoms with Gasteiger partial charge in [-0.2, -0.15) is 0 Å². The average Bonchev–Trinajstić information content (AvgIpc) is 2.27. The van der Waals surface area contributed by atoms with Gasteiger partial charge in [0.25, 0.3) is 0 Å². The summed E-state index contributed by atoms with van der Waals surface area (Å²) >= 11 is 4.16. The van der Waals surface area contributed by atoms with Gasteiger partial charge in [-0.15, -0.1) is 12.6 Å². The highest BCUT2D eigenvalue weighted by molar-refractivity contribution is 7.80. The highest BCUT2D eigenvalue weighted by Crippen LogP contribution is 2.24. The molecule has 0 fully saturated rings. The van der Waals surface area contributed by atoms with E-state index < -0.39 is 0 Å². The van der Waals surface area contributed by atoms with Crippen LogP contribution in [0.15, 0.2) is 23.1 Å². The van der Waals surface area contributed by atoms with Gasteiger partial charge in [-0.1, -0.05) is 6.07 Å². The predicted molar refractivity (Wildman–Crippen MR) is 46.0 cm³/mol. The lowest BCUT2D eigenvalue weighted by Crippen LogP contribution is -2.03. The number of anilines is 1. The van der Waals surface area contributed by atoms with E-state index in [1.807, 2.05) is 18.2 Å². The molecule has 0 aromatic heterocycles. The van der Waals surface area contributed by atoms with E-state index in [0.717, 1.165) is 16.1 Å². The third-order valence-electron chi connectivity index (χ3n) is 1.72. The Morgan fingerprint density at radius 3 is 3.09 bits per heavy atom. The Morgan fingerprint density at radius 1 is 1.45 bits per heavy atom. The highest BCUT2D eigenvalue weighted by atomic mass is 32.1. The van der Waals surface area contributed by atoms with Crippen molar-refractivity contribution in [3.63, 3.8) is 0 Å². The molecular weight excluding hydrogens is 158 g/mol. The molecule has 1 N–H and O–H groups in total. The summed E-state index contributed by atoms with van der Waals surface area (Å²) in [5, 5.41) is 2.75. The molecule has 0 radical (unpaired) electrons. The van der Waals surface area contributed by atoms with E-state index >= 15 is 0 Å². The van der Waals surface area contributed by atoms with Crippen LogP contribution in [0, 0.1) is 0 Å². The minimum atomic E-state index is 0.0685. The van der Waals surface area contributed by atoms with Gasteiger partial charge < -0.3 is 5.32 Å². The van der Waals surface area contributed by atoms with E-state index in [9.17, 15) is 4.79 Å². The van der Waals surface area contributed by atoms with Crippen molar-refractivity contribution >= 4 is 24.2 Å². The molecule has 2 nitrogen and oxygen atoms in total. The first-order chi connectivity index (χ1) is 5.25. The molecule has 2 rings (SSSR count). The molecular formula is C8H7NOS. The molecule has 1 aliphatic heterocycles. The molecule has 0 unspecified atom stereocenters. The highest BCUT2D eigenvalue weighted by Gasteiger charge is 2.16. The second-order valence-electron chi connectivity index (χ2n) is 2.57. The second kappa shape index (κ2) is 2.27. The fourth-order valence-electron chi connectivity index (χ4n) is 1.20. The van der Waals surface area contributed by atoms with Gasteiger partial charge in [-0.05, 0) is 17.7 Å². The van der Waals surface area contributed by atoms with Crippen molar-refractivity contribution in [2.45, 2.75) is 11.3 Å². The summed E-state index contributed by atoms with van der Waals surface area (Å²) < 4.78 is 0. The minimum Gasteiger partial charge on any atom is -0.325 e. The molecule has 1 aromatic rings. The van der Waals surface area contributed by atoms with Crippen LogP contribution < -0.4 is 5.32 Å². The maximum atomic E-state index is 10.9. The number of hydrogen-bond donors (Lipinski definition) is 2. The standard InChI is InChI=1S/C8H7NOS/c10-8-3-5-1-2-6(11)4-7(5)9-8/h1-2,4,11H,3H2,(H,9,10). The van der Waals surface area contributed by atoms with Crippen LogP contribution in [-0.4, -0.2) is 5.91 Å². The lowest BCUT2D eigenvalue weighted by molar-refractivity contribution is -0.115. The van der Waals surface area contributed by atoms with Gasteiger partial charge in [0.05, 0.1) is 6.42 Å². The van der Waals surface area contributed by atoms with E-state index in [4.69, 9.17) is 0 Å². The van der Waals surface area contributed by atoms with E-state index in [-0.39, 0.29) is 5.91 Å². The van der Waals surface area contributed by atoms with Gasteiger partial charge in [0.2, 0.25) is 5.91 Å². The zero-order valence-electron chi connectivity index (χ0n) is 5.79. The van der Waals surface area contributed by atoms with Gasteiger partial charge in [-0.25, -0.2) is 0 Å². The Balaban J connectivity index is 2.51. The van der Waals surface area contributed by atoms with Crippen molar-refractivity contribution in [3.05, 3.63) is 23.8 Å². The summed E-state index contributed by atoms with van der Waals surface area (Å²) in [6.45, 7) is 0. The van der Waals surface area contributed by atoms with Crippen LogP contribution in [0.1, 0.15) is 5.56 Å². The normalized spacial score (nSPS) is 14.5. The van der Waals surface area contributed by atoms with E-state index in [0.29, 0.717) is 6.42 Å². The van der Waals surface area contributed by atoms with Gasteiger partial charge >= 0.3 is 0 Å². The van der Waals surface area contributed by atoms with E-state index in [1.165, 1.54) is 0 Å². The third-order valence-corrected chi connectivity index (χ3v) is 2.00. The molecule has 1 aromatic carbocycles. The Morgan fingerprint density at radius 2 is 2.27 bits per heavy atom. The molecule has 0 aliphatic carbocycles. The van der Waals surface area contributed by atoms with Crippen LogP contribution in [0.2, 0.25) is 0 Å². The summed E-state index contributed by atoms with van der Waals surface area (Å²) in [4.78, 5) is 11.8. The Bertz CT molecular complexity index is 322. The zero-order valence-corrected chi connectivity index (χ0v) is 6.69. The summed E-state index contributed by atoms with van der Waals surface area (Å²) in [7, 11) is 0. The van der Waals surface area contributed by atoms with Crippen LogP contribution in [0.3, 0.4) is 0 Å².